The van der Waals surface area contributed by atoms with E-state index in [9.17, 15) is 9.59 Å². The van der Waals surface area contributed by atoms with E-state index >= 15 is 0 Å². The molecule has 23 heavy (non-hydrogen) atoms. The van der Waals surface area contributed by atoms with Gasteiger partial charge in [-0.3, -0.25) is 9.59 Å². The van der Waals surface area contributed by atoms with Crippen molar-refractivity contribution in [3.05, 3.63) is 47.7 Å². The average Bonchev–Trinajstić information content (AvgIpc) is 2.99. The van der Waals surface area contributed by atoms with E-state index in [1.807, 2.05) is 6.07 Å². The number of carbonyl (C=O) groups is 2. The normalized spacial score (nSPS) is 14.6. The Morgan fingerprint density at radius 2 is 1.91 bits per heavy atom. The summed E-state index contributed by atoms with van der Waals surface area (Å²) in [6.45, 7) is 5.97. The zero-order chi connectivity index (χ0) is 16.2. The molecule has 0 aliphatic carbocycles. The van der Waals surface area contributed by atoms with E-state index < -0.39 is 5.91 Å². The molecular weight excluding hydrogens is 314 g/mol. The summed E-state index contributed by atoms with van der Waals surface area (Å²) in [6, 6.07) is 8.94. The van der Waals surface area contributed by atoms with Crippen molar-refractivity contribution in [2.24, 2.45) is 0 Å². The Morgan fingerprint density at radius 3 is 2.57 bits per heavy atom. The molecule has 0 spiro atoms. The van der Waals surface area contributed by atoms with Gasteiger partial charge in [-0.1, -0.05) is 41.7 Å². The second-order valence-electron chi connectivity index (χ2n) is 5.02. The Morgan fingerprint density at radius 1 is 1.22 bits per heavy atom. The number of nitrogens with zero attached hydrogens (tertiary/aromatic N) is 2. The number of ketones is 1. The fraction of sp³-hybridized carbons (Fsp3) is 0.250. The van der Waals surface area contributed by atoms with Gasteiger partial charge in [0.15, 0.2) is 10.9 Å². The summed E-state index contributed by atoms with van der Waals surface area (Å²) in [4.78, 5) is 30.9. The molecule has 119 valence electrons. The molecule has 1 saturated heterocycles. The van der Waals surface area contributed by atoms with Crippen LogP contribution in [0.4, 0.5) is 10.9 Å². The fourth-order valence-corrected chi connectivity index (χ4v) is 3.33. The number of anilines is 2. The Bertz CT molecular complexity index is 709. The minimum absolute atomic E-state index is 0.161. The summed E-state index contributed by atoms with van der Waals surface area (Å²) < 4.78 is 5.33. The van der Waals surface area contributed by atoms with E-state index in [-0.39, 0.29) is 11.6 Å². The number of hydrogen-bond donors (Lipinski definition) is 1. The smallest absolute Gasteiger partial charge is 0.226 e. The molecule has 1 amide bonds. The summed E-state index contributed by atoms with van der Waals surface area (Å²) in [5, 5.41) is 3.26. The van der Waals surface area contributed by atoms with Crippen molar-refractivity contribution < 1.29 is 14.3 Å². The van der Waals surface area contributed by atoms with E-state index in [4.69, 9.17) is 4.74 Å². The third kappa shape index (κ3) is 3.57. The molecule has 1 radical (unpaired) electrons. The number of amides is 1. The molecule has 1 aromatic heterocycles. The average molecular weight is 330 g/mol. The predicted molar refractivity (Wildman–Crippen MR) is 89.0 cm³/mol. The van der Waals surface area contributed by atoms with Gasteiger partial charge < -0.3 is 15.0 Å². The van der Waals surface area contributed by atoms with Crippen LogP contribution < -0.4 is 10.2 Å². The maximum Gasteiger partial charge on any atom is 0.226 e. The van der Waals surface area contributed by atoms with Gasteiger partial charge in [0, 0.05) is 25.6 Å². The van der Waals surface area contributed by atoms with Crippen molar-refractivity contribution in [2.45, 2.75) is 0 Å². The molecule has 1 aliphatic heterocycles. The first-order chi connectivity index (χ1) is 11.1. The fourth-order valence-electron chi connectivity index (χ4n) is 2.29. The maximum atomic E-state index is 12.7. The zero-order valence-corrected chi connectivity index (χ0v) is 13.3. The van der Waals surface area contributed by atoms with Gasteiger partial charge in [0.2, 0.25) is 11.7 Å². The van der Waals surface area contributed by atoms with E-state index in [0.29, 0.717) is 41.9 Å². The van der Waals surface area contributed by atoms with Gasteiger partial charge in [-0.25, -0.2) is 4.98 Å². The highest BCUT2D eigenvalue weighted by molar-refractivity contribution is 7.18. The summed E-state index contributed by atoms with van der Waals surface area (Å²) in [6.07, 6.45) is 0. The van der Waals surface area contributed by atoms with Gasteiger partial charge in [-0.2, -0.15) is 0 Å². The first-order valence-electron chi connectivity index (χ1n) is 7.21. The third-order valence-electron chi connectivity index (χ3n) is 3.40. The molecule has 2 heterocycles. The molecule has 7 heteroatoms. The molecule has 1 N–H and O–H groups in total. The van der Waals surface area contributed by atoms with Crippen LogP contribution in [0.15, 0.2) is 30.3 Å². The number of ether oxygens (including phenoxy) is 1. The highest BCUT2D eigenvalue weighted by Crippen LogP contribution is 2.32. The number of aromatic nitrogens is 1. The predicted octanol–water partition coefficient (Wildman–Crippen LogP) is 1.98. The first-order valence-corrected chi connectivity index (χ1v) is 8.03. The topological polar surface area (TPSA) is 71.5 Å². The zero-order valence-electron chi connectivity index (χ0n) is 12.4. The summed E-state index contributed by atoms with van der Waals surface area (Å²) in [5.41, 5.74) is 0.559. The van der Waals surface area contributed by atoms with Crippen LogP contribution in [0.25, 0.3) is 0 Å². The van der Waals surface area contributed by atoms with Crippen molar-refractivity contribution in [3.63, 3.8) is 0 Å². The lowest BCUT2D eigenvalue weighted by molar-refractivity contribution is -0.112. The van der Waals surface area contributed by atoms with Crippen LogP contribution in [0.5, 0.6) is 0 Å². The molecule has 0 bridgehead atoms. The summed E-state index contributed by atoms with van der Waals surface area (Å²) in [5.74, 6) is -0.386. The molecule has 2 aromatic rings. The van der Waals surface area contributed by atoms with Gasteiger partial charge in [0.1, 0.15) is 4.88 Å². The van der Waals surface area contributed by atoms with Crippen LogP contribution in [0.2, 0.25) is 0 Å². The molecule has 3 rings (SSSR count). The standard InChI is InChI=1S/C16H16N3O3S/c1-11(20)17-15-14(13(21)12-5-3-2-4-6-12)23-16(18-15)19-7-9-22-10-8-19/h2-6H,1,7-10H2,(H,17,20). The van der Waals surface area contributed by atoms with E-state index in [1.165, 1.54) is 11.3 Å². The summed E-state index contributed by atoms with van der Waals surface area (Å²) >= 11 is 1.28. The Labute approximate surface area is 138 Å². The van der Waals surface area contributed by atoms with Gasteiger partial charge in [-0.15, -0.1) is 0 Å². The second kappa shape index (κ2) is 6.89. The van der Waals surface area contributed by atoms with E-state index in [0.717, 1.165) is 0 Å². The van der Waals surface area contributed by atoms with Gasteiger partial charge in [-0.05, 0) is 0 Å². The van der Waals surface area contributed by atoms with Crippen LogP contribution in [0.3, 0.4) is 0 Å². The van der Waals surface area contributed by atoms with Crippen LogP contribution in [0, 0.1) is 6.92 Å². The molecule has 1 aliphatic rings. The largest absolute Gasteiger partial charge is 0.378 e. The van der Waals surface area contributed by atoms with Crippen LogP contribution in [0.1, 0.15) is 15.2 Å². The quantitative estimate of drug-likeness (QED) is 0.868. The monoisotopic (exact) mass is 330 g/mol. The van der Waals surface area contributed by atoms with Crippen LogP contribution >= 0.6 is 11.3 Å². The van der Waals surface area contributed by atoms with Crippen molar-refractivity contribution in [3.8, 4) is 0 Å². The van der Waals surface area contributed by atoms with Gasteiger partial charge in [0.25, 0.3) is 0 Å². The number of hydrogen-bond acceptors (Lipinski definition) is 6. The van der Waals surface area contributed by atoms with Crippen LogP contribution in [-0.2, 0) is 9.53 Å². The lowest BCUT2D eigenvalue weighted by Crippen LogP contribution is -2.36. The third-order valence-corrected chi connectivity index (χ3v) is 4.51. The SMILES string of the molecule is [CH2]C(=O)Nc1nc(N2CCOCC2)sc1C(=O)c1ccccc1. The maximum absolute atomic E-state index is 12.7. The minimum Gasteiger partial charge on any atom is -0.378 e. The lowest BCUT2D eigenvalue weighted by atomic mass is 10.1. The second-order valence-corrected chi connectivity index (χ2v) is 5.99. The lowest BCUT2D eigenvalue weighted by Gasteiger charge is -2.25. The highest BCUT2D eigenvalue weighted by Gasteiger charge is 2.23. The number of morpholine rings is 1. The number of benzene rings is 1. The number of nitrogens with one attached hydrogen (secondary N) is 1. The number of carbonyl (C=O) groups excluding carboxylic acids is 2. The first kappa shape index (κ1) is 15.6. The van der Waals surface area contributed by atoms with E-state index in [2.05, 4.69) is 22.1 Å². The van der Waals surface area contributed by atoms with Crippen molar-refractivity contribution in [1.82, 2.24) is 4.98 Å². The molecule has 0 atom stereocenters. The number of thiazole rings is 1. The molecule has 6 nitrogen and oxygen atoms in total. The van der Waals surface area contributed by atoms with Gasteiger partial charge >= 0.3 is 0 Å². The number of rotatable bonds is 4. The van der Waals surface area contributed by atoms with E-state index in [1.54, 1.807) is 24.3 Å². The van der Waals surface area contributed by atoms with Gasteiger partial charge in [0.05, 0.1) is 13.2 Å². The van der Waals surface area contributed by atoms with Crippen LogP contribution in [-0.4, -0.2) is 43.0 Å². The van der Waals surface area contributed by atoms with Crippen molar-refractivity contribution >= 4 is 34.0 Å². The Kier molecular flexibility index (Phi) is 4.68. The van der Waals surface area contributed by atoms with Crippen molar-refractivity contribution in [1.29, 1.82) is 0 Å². The Balaban J connectivity index is 1.95. The molecule has 0 unspecified atom stereocenters. The molecule has 1 fully saturated rings. The molecule has 1 aromatic carbocycles. The Hall–Kier alpha value is -2.25. The highest BCUT2D eigenvalue weighted by atomic mass is 32.1. The molecular formula is C16H16N3O3S. The van der Waals surface area contributed by atoms with Crippen molar-refractivity contribution in [2.75, 3.05) is 36.5 Å². The minimum atomic E-state index is -0.495. The summed E-state index contributed by atoms with van der Waals surface area (Å²) in [7, 11) is 0. The molecule has 0 saturated carbocycles.